The molecule has 1 aromatic rings. The lowest BCUT2D eigenvalue weighted by Gasteiger charge is -2.30. The molecule has 0 unspecified atom stereocenters. The maximum absolute atomic E-state index is 12.0. The lowest BCUT2D eigenvalue weighted by Crippen LogP contribution is -2.44. The van der Waals surface area contributed by atoms with Crippen molar-refractivity contribution in [2.75, 3.05) is 39.9 Å². The number of carbonyl (C=O) groups excluding carboxylic acids is 1. The van der Waals surface area contributed by atoms with Crippen molar-refractivity contribution in [1.82, 2.24) is 16.0 Å². The van der Waals surface area contributed by atoms with Crippen LogP contribution in [0, 0.1) is 5.41 Å². The van der Waals surface area contributed by atoms with Gasteiger partial charge in [0.05, 0.1) is 0 Å². The number of carbonyl (C=O) groups is 1. The fourth-order valence-corrected chi connectivity index (χ4v) is 3.75. The van der Waals surface area contributed by atoms with Gasteiger partial charge in [-0.3, -0.25) is 9.79 Å². The molecular formula is C22H37IN4O2. The van der Waals surface area contributed by atoms with Crippen LogP contribution in [0.2, 0.25) is 0 Å². The molecule has 0 spiro atoms. The Bertz CT molecular complexity index is 604. The number of ether oxygens (including phenoxy) is 1. The third-order valence-corrected chi connectivity index (χ3v) is 5.47. The minimum atomic E-state index is -0.0272. The second kappa shape index (κ2) is 14.6. The molecule has 0 heterocycles. The van der Waals surface area contributed by atoms with Crippen molar-refractivity contribution in [3.8, 4) is 0 Å². The standard InChI is InChI=1S/C22H36N4O2.HI/c1-3-28-17-14-22(12-7-8-13-22)18-26-21(23-2)25-16-9-15-24-20(27)19-10-5-4-6-11-19;/h4-6,10-11H,3,7-9,12-18H2,1-2H3,(H,24,27)(H2,23,25,26);1H. The Morgan fingerprint density at radius 2 is 1.79 bits per heavy atom. The Kier molecular flexibility index (Phi) is 12.9. The minimum absolute atomic E-state index is 0. The molecular weight excluding hydrogens is 479 g/mol. The summed E-state index contributed by atoms with van der Waals surface area (Å²) < 4.78 is 5.59. The van der Waals surface area contributed by atoms with E-state index in [-0.39, 0.29) is 29.9 Å². The van der Waals surface area contributed by atoms with E-state index < -0.39 is 0 Å². The van der Waals surface area contributed by atoms with E-state index in [1.807, 2.05) is 37.3 Å². The summed E-state index contributed by atoms with van der Waals surface area (Å²) in [5.74, 6) is 0.803. The number of nitrogens with zero attached hydrogens (tertiary/aromatic N) is 1. The van der Waals surface area contributed by atoms with Crippen LogP contribution in [0.1, 0.15) is 55.8 Å². The van der Waals surface area contributed by atoms with Gasteiger partial charge in [-0.05, 0) is 50.2 Å². The first kappa shape index (κ1) is 25.7. The van der Waals surface area contributed by atoms with Crippen LogP contribution in [0.25, 0.3) is 0 Å². The van der Waals surface area contributed by atoms with Gasteiger partial charge in [-0.2, -0.15) is 0 Å². The number of hydrogen-bond acceptors (Lipinski definition) is 3. The summed E-state index contributed by atoms with van der Waals surface area (Å²) >= 11 is 0. The number of aliphatic imine (C=N–C) groups is 1. The maximum atomic E-state index is 12.0. The first-order valence-corrected chi connectivity index (χ1v) is 10.5. The molecule has 164 valence electrons. The SMILES string of the molecule is CCOCCC1(CNC(=NC)NCCCNC(=O)c2ccccc2)CCCC1.I. The predicted molar refractivity (Wildman–Crippen MR) is 130 cm³/mol. The average molecular weight is 516 g/mol. The van der Waals surface area contributed by atoms with Gasteiger partial charge in [-0.25, -0.2) is 0 Å². The number of hydrogen-bond donors (Lipinski definition) is 3. The molecule has 0 saturated heterocycles. The van der Waals surface area contributed by atoms with Crippen molar-refractivity contribution in [1.29, 1.82) is 0 Å². The summed E-state index contributed by atoms with van der Waals surface area (Å²) in [7, 11) is 1.80. The molecule has 7 heteroatoms. The summed E-state index contributed by atoms with van der Waals surface area (Å²) in [6, 6.07) is 9.30. The van der Waals surface area contributed by atoms with Crippen LogP contribution in [0.15, 0.2) is 35.3 Å². The van der Waals surface area contributed by atoms with Gasteiger partial charge in [0.15, 0.2) is 5.96 Å². The van der Waals surface area contributed by atoms with E-state index in [0.717, 1.165) is 45.1 Å². The minimum Gasteiger partial charge on any atom is -0.382 e. The second-order valence-corrected chi connectivity index (χ2v) is 7.48. The van der Waals surface area contributed by atoms with Crippen LogP contribution in [-0.2, 0) is 4.74 Å². The number of rotatable bonds is 11. The normalized spacial score (nSPS) is 15.4. The molecule has 1 fully saturated rings. The molecule has 1 aliphatic carbocycles. The highest BCUT2D eigenvalue weighted by Crippen LogP contribution is 2.40. The van der Waals surface area contributed by atoms with Crippen LogP contribution in [0.5, 0.6) is 0 Å². The van der Waals surface area contributed by atoms with Crippen LogP contribution < -0.4 is 16.0 Å². The van der Waals surface area contributed by atoms with Gasteiger partial charge >= 0.3 is 0 Å². The van der Waals surface area contributed by atoms with E-state index in [2.05, 4.69) is 20.9 Å². The summed E-state index contributed by atoms with van der Waals surface area (Å²) in [5, 5.41) is 9.80. The number of halogens is 1. The molecule has 1 amide bonds. The van der Waals surface area contributed by atoms with Gasteiger partial charge in [0.25, 0.3) is 5.91 Å². The van der Waals surface area contributed by atoms with Crippen LogP contribution in [0.3, 0.4) is 0 Å². The highest BCUT2D eigenvalue weighted by atomic mass is 127. The average Bonchev–Trinajstić information content (AvgIpc) is 3.19. The van der Waals surface area contributed by atoms with Gasteiger partial charge in [-0.1, -0.05) is 31.0 Å². The van der Waals surface area contributed by atoms with Crippen LogP contribution in [0.4, 0.5) is 0 Å². The number of amides is 1. The number of guanidine groups is 1. The molecule has 29 heavy (non-hydrogen) atoms. The van der Waals surface area contributed by atoms with Crippen molar-refractivity contribution in [2.45, 2.75) is 45.4 Å². The van der Waals surface area contributed by atoms with Crippen molar-refractivity contribution in [3.63, 3.8) is 0 Å². The van der Waals surface area contributed by atoms with Gasteiger partial charge in [0, 0.05) is 45.5 Å². The third kappa shape index (κ3) is 9.33. The Morgan fingerprint density at radius 1 is 1.10 bits per heavy atom. The number of nitrogens with one attached hydrogen (secondary N) is 3. The highest BCUT2D eigenvalue weighted by Gasteiger charge is 2.33. The molecule has 0 aliphatic heterocycles. The van der Waals surface area contributed by atoms with E-state index in [4.69, 9.17) is 4.74 Å². The first-order chi connectivity index (χ1) is 13.7. The van der Waals surface area contributed by atoms with Gasteiger partial charge in [0.2, 0.25) is 0 Å². The van der Waals surface area contributed by atoms with Crippen LogP contribution >= 0.6 is 24.0 Å². The van der Waals surface area contributed by atoms with E-state index in [0.29, 0.717) is 17.5 Å². The van der Waals surface area contributed by atoms with E-state index in [1.54, 1.807) is 7.05 Å². The fraction of sp³-hybridized carbons (Fsp3) is 0.636. The summed E-state index contributed by atoms with van der Waals surface area (Å²) in [6.45, 7) is 6.01. The lowest BCUT2D eigenvalue weighted by molar-refractivity contribution is 0.0953. The third-order valence-electron chi connectivity index (χ3n) is 5.47. The molecule has 1 aromatic carbocycles. The monoisotopic (exact) mass is 516 g/mol. The lowest BCUT2D eigenvalue weighted by atomic mass is 9.83. The van der Waals surface area contributed by atoms with Crippen molar-refractivity contribution in [3.05, 3.63) is 35.9 Å². The van der Waals surface area contributed by atoms with Gasteiger partial charge in [-0.15, -0.1) is 24.0 Å². The topological polar surface area (TPSA) is 74.8 Å². The van der Waals surface area contributed by atoms with E-state index in [9.17, 15) is 4.79 Å². The van der Waals surface area contributed by atoms with Crippen LogP contribution in [-0.4, -0.2) is 51.8 Å². The summed E-state index contributed by atoms with van der Waals surface area (Å²) in [5.41, 5.74) is 1.03. The predicted octanol–water partition coefficient (Wildman–Crippen LogP) is 3.58. The molecule has 3 N–H and O–H groups in total. The van der Waals surface area contributed by atoms with Gasteiger partial charge in [0.1, 0.15) is 0 Å². The molecule has 0 radical (unpaired) electrons. The molecule has 6 nitrogen and oxygen atoms in total. The zero-order chi connectivity index (χ0) is 20.1. The Labute approximate surface area is 192 Å². The smallest absolute Gasteiger partial charge is 0.251 e. The highest BCUT2D eigenvalue weighted by molar-refractivity contribution is 14.0. The molecule has 1 saturated carbocycles. The summed E-state index contributed by atoms with van der Waals surface area (Å²) in [6.07, 6.45) is 7.08. The maximum Gasteiger partial charge on any atom is 0.251 e. The Hall–Kier alpha value is -1.35. The molecule has 2 rings (SSSR count). The molecule has 0 aromatic heterocycles. The molecule has 0 bridgehead atoms. The zero-order valence-electron chi connectivity index (χ0n) is 17.8. The van der Waals surface area contributed by atoms with E-state index in [1.165, 1.54) is 25.7 Å². The van der Waals surface area contributed by atoms with Gasteiger partial charge < -0.3 is 20.7 Å². The quantitative estimate of drug-likeness (QED) is 0.182. The summed E-state index contributed by atoms with van der Waals surface area (Å²) in [4.78, 5) is 16.3. The largest absolute Gasteiger partial charge is 0.382 e. The Morgan fingerprint density at radius 3 is 2.45 bits per heavy atom. The number of benzene rings is 1. The second-order valence-electron chi connectivity index (χ2n) is 7.48. The zero-order valence-corrected chi connectivity index (χ0v) is 20.2. The molecule has 1 aliphatic rings. The Balaban J connectivity index is 0.00000420. The van der Waals surface area contributed by atoms with E-state index >= 15 is 0 Å². The van der Waals surface area contributed by atoms with Crippen molar-refractivity contribution in [2.24, 2.45) is 10.4 Å². The van der Waals surface area contributed by atoms with Crippen molar-refractivity contribution < 1.29 is 9.53 Å². The molecule has 0 atom stereocenters. The fourth-order valence-electron chi connectivity index (χ4n) is 3.75. The first-order valence-electron chi connectivity index (χ1n) is 10.5. The van der Waals surface area contributed by atoms with Crippen molar-refractivity contribution >= 4 is 35.8 Å².